The molecule has 0 aliphatic heterocycles. The number of nitrogens with zero attached hydrogens (tertiary/aromatic N) is 2. The van der Waals surface area contributed by atoms with Gasteiger partial charge in [0.25, 0.3) is 0 Å². The third-order valence-electron chi connectivity index (χ3n) is 5.37. The minimum atomic E-state index is 0. The first kappa shape index (κ1) is 24.7. The van der Waals surface area contributed by atoms with Crippen molar-refractivity contribution in [3.05, 3.63) is 0 Å². The third-order valence-corrected chi connectivity index (χ3v) is 5.37. The number of rotatable bonds is 8. The van der Waals surface area contributed by atoms with Crippen molar-refractivity contribution in [3.8, 4) is 0 Å². The molecule has 1 aliphatic carbocycles. The molecule has 1 rings (SSSR count). The average Bonchev–Trinajstić information content (AvgIpc) is 2.43. The van der Waals surface area contributed by atoms with Crippen molar-refractivity contribution in [2.45, 2.75) is 50.6 Å². The minimum absolute atomic E-state index is 0. The van der Waals surface area contributed by atoms with Gasteiger partial charge in [-0.05, 0) is 25.9 Å². The Morgan fingerprint density at radius 3 is 1.32 bits per heavy atom. The summed E-state index contributed by atoms with van der Waals surface area (Å²) < 4.78 is 2.26. The normalized spacial score (nSPS) is 22.6. The fourth-order valence-electron chi connectivity index (χ4n) is 4.05. The molecule has 1 fully saturated rings. The van der Waals surface area contributed by atoms with Gasteiger partial charge in [0.15, 0.2) is 0 Å². The van der Waals surface area contributed by atoms with Gasteiger partial charge in [0.1, 0.15) is 12.1 Å². The highest BCUT2D eigenvalue weighted by atomic mass is 35.5. The first-order valence-electron chi connectivity index (χ1n) is 8.40. The molecule has 0 spiro atoms. The highest BCUT2D eigenvalue weighted by Crippen LogP contribution is 2.32. The maximum atomic E-state index is 5.72. The van der Waals surface area contributed by atoms with Crippen LogP contribution in [0.2, 0.25) is 0 Å². The molecular formula is C16H38Cl2N4. The first-order chi connectivity index (χ1) is 9.35. The predicted molar refractivity (Wildman–Crippen MR) is 87.3 cm³/mol. The van der Waals surface area contributed by atoms with E-state index in [2.05, 4.69) is 28.2 Å². The lowest BCUT2D eigenvalue weighted by atomic mass is 9.85. The molecule has 4 N–H and O–H groups in total. The van der Waals surface area contributed by atoms with Crippen LogP contribution in [0.1, 0.15) is 38.5 Å². The van der Waals surface area contributed by atoms with Crippen LogP contribution in [-0.2, 0) is 0 Å². The summed E-state index contributed by atoms with van der Waals surface area (Å²) >= 11 is 0. The van der Waals surface area contributed by atoms with Crippen LogP contribution in [0.3, 0.4) is 0 Å². The Kier molecular flexibility index (Phi) is 12.4. The predicted octanol–water partition coefficient (Wildman–Crippen LogP) is -4.84. The van der Waals surface area contributed by atoms with Crippen molar-refractivity contribution >= 4 is 0 Å². The number of nitrogens with two attached hydrogens (primary N) is 2. The van der Waals surface area contributed by atoms with Crippen LogP contribution in [0, 0.1) is 0 Å². The zero-order valence-electron chi connectivity index (χ0n) is 15.0. The summed E-state index contributed by atoms with van der Waals surface area (Å²) in [6.07, 6.45) is 7.78. The minimum Gasteiger partial charge on any atom is -1.00 e. The van der Waals surface area contributed by atoms with E-state index in [1.165, 1.54) is 38.8 Å². The van der Waals surface area contributed by atoms with E-state index in [-0.39, 0.29) is 24.8 Å². The molecule has 0 aromatic rings. The Morgan fingerprint density at radius 1 is 0.727 bits per heavy atom. The molecule has 0 amide bonds. The van der Waals surface area contributed by atoms with Gasteiger partial charge in [-0.3, -0.25) is 0 Å². The van der Waals surface area contributed by atoms with Gasteiger partial charge in [-0.2, -0.15) is 0 Å². The molecule has 0 aromatic heterocycles. The Labute approximate surface area is 150 Å². The molecule has 0 heterocycles. The molecule has 22 heavy (non-hydrogen) atoms. The fourth-order valence-corrected chi connectivity index (χ4v) is 4.05. The second kappa shape index (κ2) is 11.1. The van der Waals surface area contributed by atoms with Gasteiger partial charge >= 0.3 is 0 Å². The summed E-state index contributed by atoms with van der Waals surface area (Å²) in [7, 11) is 9.62. The lowest BCUT2D eigenvalue weighted by Crippen LogP contribution is -3.00. The van der Waals surface area contributed by atoms with Crippen LogP contribution >= 0.6 is 0 Å². The summed E-state index contributed by atoms with van der Waals surface area (Å²) in [6, 6.07) is 1.53. The number of likely N-dealkylation sites (N-methyl/N-ethyl adjacent to an activating group) is 2. The molecule has 6 heteroatoms. The lowest BCUT2D eigenvalue weighted by Gasteiger charge is -2.50. The van der Waals surface area contributed by atoms with Crippen LogP contribution in [0.25, 0.3) is 0 Å². The molecule has 4 nitrogen and oxygen atoms in total. The molecule has 0 unspecified atom stereocenters. The molecule has 0 aromatic carbocycles. The average molecular weight is 357 g/mol. The Morgan fingerprint density at radius 2 is 1.05 bits per heavy atom. The molecular weight excluding hydrogens is 319 g/mol. The first-order valence-corrected chi connectivity index (χ1v) is 8.40. The van der Waals surface area contributed by atoms with Crippen molar-refractivity contribution in [1.82, 2.24) is 0 Å². The fraction of sp³-hybridized carbons (Fsp3) is 1.00. The molecule has 2 atom stereocenters. The molecule has 1 aliphatic rings. The maximum absolute atomic E-state index is 5.72. The van der Waals surface area contributed by atoms with E-state index < -0.39 is 0 Å². The van der Waals surface area contributed by atoms with E-state index in [0.717, 1.165) is 47.0 Å². The van der Waals surface area contributed by atoms with Gasteiger partial charge in [0, 0.05) is 25.7 Å². The van der Waals surface area contributed by atoms with Crippen molar-refractivity contribution in [1.29, 1.82) is 0 Å². The van der Waals surface area contributed by atoms with Gasteiger partial charge in [-0.15, -0.1) is 0 Å². The number of quaternary nitrogens is 2. The summed E-state index contributed by atoms with van der Waals surface area (Å²) in [5.41, 5.74) is 11.4. The van der Waals surface area contributed by atoms with Crippen molar-refractivity contribution in [2.75, 3.05) is 54.4 Å². The SMILES string of the molecule is C[N+](C)(CCCN)[C@@H]1CCCC[C@H]1[N+](C)(C)CCCN.[Cl-].[Cl-]. The topological polar surface area (TPSA) is 52.0 Å². The van der Waals surface area contributed by atoms with E-state index in [9.17, 15) is 0 Å². The van der Waals surface area contributed by atoms with Crippen LogP contribution in [0.4, 0.5) is 0 Å². The summed E-state index contributed by atoms with van der Waals surface area (Å²) in [5, 5.41) is 0. The van der Waals surface area contributed by atoms with E-state index in [4.69, 9.17) is 11.5 Å². The quantitative estimate of drug-likeness (QED) is 0.428. The van der Waals surface area contributed by atoms with Crippen LogP contribution in [0.5, 0.6) is 0 Å². The lowest BCUT2D eigenvalue weighted by molar-refractivity contribution is -0.984. The van der Waals surface area contributed by atoms with E-state index >= 15 is 0 Å². The standard InChI is InChI=1S/C16H38N4.2ClH/c1-19(2,13-7-11-17)15-9-5-6-10-16(15)20(3,4)14-8-12-18;;/h15-16H,5-14,17-18H2,1-4H3;2*1H/q+2;;/p-2/t15-,16-;;/m1../s1. The van der Waals surface area contributed by atoms with Gasteiger partial charge < -0.3 is 45.2 Å². The highest BCUT2D eigenvalue weighted by Gasteiger charge is 2.45. The van der Waals surface area contributed by atoms with Crippen LogP contribution in [-0.4, -0.2) is 75.4 Å². The molecule has 0 bridgehead atoms. The Hall–Kier alpha value is 0.420. The maximum Gasteiger partial charge on any atom is 0.141 e. The van der Waals surface area contributed by atoms with Gasteiger partial charge in [0.05, 0.1) is 41.3 Å². The number of halogens is 2. The summed E-state index contributed by atoms with van der Waals surface area (Å²) in [4.78, 5) is 0. The smallest absolute Gasteiger partial charge is 0.141 e. The highest BCUT2D eigenvalue weighted by molar-refractivity contribution is 4.78. The molecule has 0 saturated heterocycles. The van der Waals surface area contributed by atoms with Crippen LogP contribution in [0.15, 0.2) is 0 Å². The van der Waals surface area contributed by atoms with E-state index in [1.807, 2.05) is 0 Å². The Bertz CT molecular complexity index is 257. The van der Waals surface area contributed by atoms with E-state index in [0.29, 0.717) is 0 Å². The second-order valence-electron chi connectivity index (χ2n) is 7.71. The number of hydrogen-bond donors (Lipinski definition) is 2. The number of hydrogen-bond acceptors (Lipinski definition) is 2. The zero-order valence-corrected chi connectivity index (χ0v) is 16.5. The largest absolute Gasteiger partial charge is 1.00 e. The molecule has 0 radical (unpaired) electrons. The van der Waals surface area contributed by atoms with Crippen molar-refractivity contribution in [2.24, 2.45) is 11.5 Å². The second-order valence-corrected chi connectivity index (χ2v) is 7.71. The zero-order chi connectivity index (χ0) is 15.2. The molecule has 136 valence electrons. The molecule has 1 saturated carbocycles. The van der Waals surface area contributed by atoms with Gasteiger partial charge in [0.2, 0.25) is 0 Å². The summed E-state index contributed by atoms with van der Waals surface area (Å²) in [5.74, 6) is 0. The Balaban J connectivity index is 0. The van der Waals surface area contributed by atoms with E-state index in [1.54, 1.807) is 0 Å². The van der Waals surface area contributed by atoms with Gasteiger partial charge in [-0.25, -0.2) is 0 Å². The van der Waals surface area contributed by atoms with Crippen LogP contribution < -0.4 is 36.3 Å². The van der Waals surface area contributed by atoms with Crippen molar-refractivity contribution in [3.63, 3.8) is 0 Å². The van der Waals surface area contributed by atoms with Gasteiger partial charge in [-0.1, -0.05) is 0 Å². The third kappa shape index (κ3) is 6.90. The van der Waals surface area contributed by atoms with Crippen molar-refractivity contribution < 1.29 is 33.8 Å². The monoisotopic (exact) mass is 356 g/mol. The summed E-state index contributed by atoms with van der Waals surface area (Å²) in [6.45, 7) is 4.03.